The quantitative estimate of drug-likeness (QED) is 0.424. The minimum atomic E-state index is 0.457. The molecule has 2 aliphatic rings. The molecule has 1 aliphatic carbocycles. The third kappa shape index (κ3) is 3.01. The van der Waals surface area contributed by atoms with Gasteiger partial charge >= 0.3 is 0 Å². The Kier molecular flexibility index (Phi) is 4.83. The first-order valence-electron chi connectivity index (χ1n) is 10.4. The van der Waals surface area contributed by atoms with E-state index in [4.69, 9.17) is 14.5 Å². The molecule has 1 saturated carbocycles. The van der Waals surface area contributed by atoms with Gasteiger partial charge in [-0.1, -0.05) is 43.5 Å². The van der Waals surface area contributed by atoms with E-state index in [9.17, 15) is 0 Å². The first-order chi connectivity index (χ1) is 13.9. The molecule has 0 unspecified atom stereocenters. The normalized spacial score (nSPS) is 17.0. The molecule has 0 bridgehead atoms. The molecule has 146 valence electrons. The fourth-order valence-electron chi connectivity index (χ4n) is 5.00. The third-order valence-corrected chi connectivity index (χ3v) is 6.24. The minimum Gasteiger partial charge on any atom is -0.491 e. The topological polar surface area (TPSA) is 32.6 Å². The molecule has 3 aromatic rings. The Hall–Kier alpha value is -2.30. The van der Waals surface area contributed by atoms with Crippen molar-refractivity contribution in [2.45, 2.75) is 51.2 Å². The van der Waals surface area contributed by atoms with Gasteiger partial charge in [0.05, 0.1) is 19.3 Å². The van der Waals surface area contributed by atoms with Gasteiger partial charge in [0.25, 0.3) is 0 Å². The zero-order valence-electron chi connectivity index (χ0n) is 16.4. The van der Waals surface area contributed by atoms with E-state index in [-0.39, 0.29) is 0 Å². The van der Waals surface area contributed by atoms with Gasteiger partial charge in [-0.15, -0.1) is 0 Å². The number of aromatic nitrogens is 1. The Morgan fingerprint density at radius 2 is 1.93 bits per heavy atom. The number of rotatable bonds is 4. The van der Waals surface area contributed by atoms with Crippen molar-refractivity contribution in [3.05, 3.63) is 53.6 Å². The van der Waals surface area contributed by atoms with Crippen molar-refractivity contribution in [2.24, 2.45) is 0 Å². The second-order valence-electron chi connectivity index (χ2n) is 7.87. The van der Waals surface area contributed by atoms with Gasteiger partial charge < -0.3 is 9.30 Å². The van der Waals surface area contributed by atoms with E-state index >= 15 is 0 Å². The Balaban J connectivity index is 1.75. The van der Waals surface area contributed by atoms with Gasteiger partial charge in [0.15, 0.2) is 0 Å². The zero-order chi connectivity index (χ0) is 18.9. The van der Waals surface area contributed by atoms with Crippen LogP contribution in [0.4, 0.5) is 0 Å². The summed E-state index contributed by atoms with van der Waals surface area (Å²) in [5.74, 6) is 1.63. The Morgan fingerprint density at radius 1 is 1.07 bits per heavy atom. The molecule has 28 heavy (non-hydrogen) atoms. The molecule has 5 rings (SSSR count). The summed E-state index contributed by atoms with van der Waals surface area (Å²) in [5.41, 5.74) is 6.52. The number of hydrogen-bond donors (Lipinski definition) is 0. The van der Waals surface area contributed by atoms with Crippen molar-refractivity contribution >= 4 is 10.9 Å². The standard InChI is InChI=1S/C24H27NO3/c1-26-28-16-17-11-12-19-21(15-17)25-13-14-27-22-10-6-5-9-20(22)24(25)23(19)18-7-3-2-4-8-18/h5-6,9-12,15,18H,2-4,7-8,13-14,16H2,1H3. The highest BCUT2D eigenvalue weighted by Crippen LogP contribution is 2.47. The van der Waals surface area contributed by atoms with Crippen molar-refractivity contribution in [2.75, 3.05) is 13.7 Å². The molecule has 0 spiro atoms. The second kappa shape index (κ2) is 7.61. The highest BCUT2D eigenvalue weighted by atomic mass is 17.2. The highest BCUT2D eigenvalue weighted by molar-refractivity contribution is 5.94. The number of benzene rings is 2. The predicted molar refractivity (Wildman–Crippen MR) is 110 cm³/mol. The fraction of sp³-hybridized carbons (Fsp3) is 0.417. The summed E-state index contributed by atoms with van der Waals surface area (Å²) in [4.78, 5) is 9.99. The molecule has 0 saturated heterocycles. The van der Waals surface area contributed by atoms with Gasteiger partial charge in [-0.05, 0) is 48.1 Å². The van der Waals surface area contributed by atoms with E-state index in [1.165, 1.54) is 59.8 Å². The van der Waals surface area contributed by atoms with Gasteiger partial charge in [0, 0.05) is 16.5 Å². The van der Waals surface area contributed by atoms with Crippen molar-refractivity contribution in [3.8, 4) is 17.0 Å². The van der Waals surface area contributed by atoms with Crippen LogP contribution in [0.15, 0.2) is 42.5 Å². The van der Waals surface area contributed by atoms with E-state index in [1.807, 2.05) is 0 Å². The van der Waals surface area contributed by atoms with Gasteiger partial charge in [0.1, 0.15) is 19.0 Å². The van der Waals surface area contributed by atoms with E-state index in [2.05, 4.69) is 47.0 Å². The summed E-state index contributed by atoms with van der Waals surface area (Å²) in [7, 11) is 1.55. The van der Waals surface area contributed by atoms with Crippen LogP contribution in [0.5, 0.6) is 5.75 Å². The molecule has 4 heteroatoms. The van der Waals surface area contributed by atoms with Crippen LogP contribution in [-0.2, 0) is 22.9 Å². The van der Waals surface area contributed by atoms with Crippen molar-refractivity contribution < 1.29 is 14.5 Å². The van der Waals surface area contributed by atoms with Crippen LogP contribution in [0.25, 0.3) is 22.2 Å². The van der Waals surface area contributed by atoms with Crippen LogP contribution < -0.4 is 4.74 Å². The van der Waals surface area contributed by atoms with Crippen LogP contribution >= 0.6 is 0 Å². The monoisotopic (exact) mass is 377 g/mol. The fourth-order valence-corrected chi connectivity index (χ4v) is 5.00. The molecule has 1 fully saturated rings. The number of nitrogens with zero attached hydrogens (tertiary/aromatic N) is 1. The summed E-state index contributed by atoms with van der Waals surface area (Å²) in [5, 5.41) is 1.39. The second-order valence-corrected chi connectivity index (χ2v) is 7.87. The third-order valence-electron chi connectivity index (χ3n) is 6.24. The summed E-state index contributed by atoms with van der Waals surface area (Å²) < 4.78 is 8.58. The van der Waals surface area contributed by atoms with Crippen molar-refractivity contribution in [3.63, 3.8) is 0 Å². The van der Waals surface area contributed by atoms with Crippen LogP contribution in [0.1, 0.15) is 49.1 Å². The van der Waals surface area contributed by atoms with E-state index in [0.29, 0.717) is 19.1 Å². The molecule has 1 aliphatic heterocycles. The number of hydrogen-bond acceptors (Lipinski definition) is 3. The lowest BCUT2D eigenvalue weighted by atomic mass is 9.81. The summed E-state index contributed by atoms with van der Waals surface area (Å²) in [6, 6.07) is 15.2. The van der Waals surface area contributed by atoms with Crippen LogP contribution in [0.3, 0.4) is 0 Å². The van der Waals surface area contributed by atoms with Crippen molar-refractivity contribution in [1.29, 1.82) is 0 Å². The molecule has 4 nitrogen and oxygen atoms in total. The Labute approximate surface area is 165 Å². The lowest BCUT2D eigenvalue weighted by Gasteiger charge is -2.23. The molecule has 1 aromatic heterocycles. The molecule has 2 aromatic carbocycles. The average molecular weight is 377 g/mol. The molecular formula is C24H27NO3. The van der Waals surface area contributed by atoms with Crippen LogP contribution in [0, 0.1) is 0 Å². The van der Waals surface area contributed by atoms with Crippen molar-refractivity contribution in [1.82, 2.24) is 4.57 Å². The van der Waals surface area contributed by atoms with Gasteiger partial charge in [0.2, 0.25) is 0 Å². The summed E-state index contributed by atoms with van der Waals surface area (Å²) >= 11 is 0. The largest absolute Gasteiger partial charge is 0.491 e. The molecule has 0 atom stereocenters. The maximum absolute atomic E-state index is 6.11. The van der Waals surface area contributed by atoms with E-state index < -0.39 is 0 Å². The first-order valence-corrected chi connectivity index (χ1v) is 10.4. The van der Waals surface area contributed by atoms with Gasteiger partial charge in [-0.2, -0.15) is 0 Å². The Morgan fingerprint density at radius 3 is 2.79 bits per heavy atom. The smallest absolute Gasteiger partial charge is 0.128 e. The first kappa shape index (κ1) is 17.8. The molecule has 0 radical (unpaired) electrons. The predicted octanol–water partition coefficient (Wildman–Crippen LogP) is 5.83. The summed E-state index contributed by atoms with van der Waals surface area (Å²) in [6.07, 6.45) is 6.58. The van der Waals surface area contributed by atoms with Crippen LogP contribution in [-0.4, -0.2) is 18.3 Å². The molecular weight excluding hydrogens is 350 g/mol. The van der Waals surface area contributed by atoms with E-state index in [1.54, 1.807) is 7.11 Å². The maximum atomic E-state index is 6.11. The summed E-state index contributed by atoms with van der Waals surface area (Å²) in [6.45, 7) is 2.01. The average Bonchev–Trinajstić information content (AvgIpc) is 2.94. The van der Waals surface area contributed by atoms with Gasteiger partial charge in [-0.3, -0.25) is 0 Å². The lowest BCUT2D eigenvalue weighted by molar-refractivity contribution is -0.282. The lowest BCUT2D eigenvalue weighted by Crippen LogP contribution is -2.07. The highest BCUT2D eigenvalue weighted by Gasteiger charge is 2.29. The van der Waals surface area contributed by atoms with Crippen LogP contribution in [0.2, 0.25) is 0 Å². The molecule has 0 N–H and O–H groups in total. The molecule has 0 amide bonds. The zero-order valence-corrected chi connectivity index (χ0v) is 16.4. The number of ether oxygens (including phenoxy) is 1. The number of fused-ring (bicyclic) bond motifs is 5. The van der Waals surface area contributed by atoms with E-state index in [0.717, 1.165) is 17.9 Å². The Bertz CT molecular complexity index is 985. The maximum Gasteiger partial charge on any atom is 0.128 e. The van der Waals surface area contributed by atoms with Gasteiger partial charge in [-0.25, -0.2) is 9.78 Å². The molecule has 2 heterocycles. The SMILES string of the molecule is COOCc1ccc2c(C3CCCCC3)c3n(c2c1)CCOc1ccccc1-3. The minimum absolute atomic E-state index is 0.457. The number of para-hydroxylation sites is 1.